The average Bonchev–Trinajstić information content (AvgIpc) is 3.63. The molecule has 0 bridgehead atoms. The lowest BCUT2D eigenvalue weighted by atomic mass is 9.94. The second-order valence-corrected chi connectivity index (χ2v) is 9.06. The summed E-state index contributed by atoms with van der Waals surface area (Å²) in [6, 6.07) is 11.5. The van der Waals surface area contributed by atoms with Crippen LogP contribution in [0.25, 0.3) is 17.0 Å². The summed E-state index contributed by atoms with van der Waals surface area (Å²) in [5.74, 6) is 1.72. The Balaban J connectivity index is 1.41. The van der Waals surface area contributed by atoms with Crippen molar-refractivity contribution in [2.45, 2.75) is 31.9 Å². The normalized spacial score (nSPS) is 21.5. The van der Waals surface area contributed by atoms with E-state index in [1.807, 2.05) is 36.1 Å². The first-order valence-corrected chi connectivity index (χ1v) is 11.9. The van der Waals surface area contributed by atoms with E-state index in [4.69, 9.17) is 35.9 Å². The first-order valence-electron chi connectivity index (χ1n) is 11.5. The molecule has 180 valence electrons. The summed E-state index contributed by atoms with van der Waals surface area (Å²) in [6.45, 7) is 3.51. The van der Waals surface area contributed by atoms with Crippen molar-refractivity contribution in [3.05, 3.63) is 65.4 Å². The van der Waals surface area contributed by atoms with E-state index >= 15 is 0 Å². The Morgan fingerprint density at radius 2 is 2.06 bits per heavy atom. The van der Waals surface area contributed by atoms with Crippen molar-refractivity contribution in [3.8, 4) is 22.9 Å². The number of nitrogens with one attached hydrogen (secondary N) is 1. The molecule has 0 amide bonds. The first-order chi connectivity index (χ1) is 17.1. The van der Waals surface area contributed by atoms with Gasteiger partial charge in [-0.2, -0.15) is 4.98 Å². The van der Waals surface area contributed by atoms with Gasteiger partial charge in [0.15, 0.2) is 16.6 Å². The number of nitrogens with zero attached hydrogens (tertiary/aromatic N) is 3. The fraction of sp³-hybridized carbons (Fsp3) is 0.320. The van der Waals surface area contributed by atoms with Crippen molar-refractivity contribution in [1.29, 1.82) is 0 Å². The van der Waals surface area contributed by atoms with Gasteiger partial charge in [-0.25, -0.2) is 4.39 Å². The number of fused-ring (bicyclic) bond motifs is 1. The van der Waals surface area contributed by atoms with Crippen LogP contribution in [-0.2, 0) is 4.74 Å². The summed E-state index contributed by atoms with van der Waals surface area (Å²) in [6.07, 6.45) is 2.09. The summed E-state index contributed by atoms with van der Waals surface area (Å²) in [7, 11) is 0. The predicted molar refractivity (Wildman–Crippen MR) is 129 cm³/mol. The maximum Gasteiger partial charge on any atom is 0.258 e. The van der Waals surface area contributed by atoms with Crippen molar-refractivity contribution in [3.63, 3.8) is 0 Å². The predicted octanol–water partition coefficient (Wildman–Crippen LogP) is 4.45. The van der Waals surface area contributed by atoms with E-state index in [9.17, 15) is 4.39 Å². The van der Waals surface area contributed by atoms with Crippen LogP contribution in [0, 0.1) is 5.82 Å². The standard InChI is InChI=1S/C25H23FN4O4S/c1-14-21(24-28-23(29-34-24)16-7-8-19-20(11-16)33-13-32-19)22(15-4-2-5-17(26)10-15)27-25(35)30(14)12-18-6-3-9-31-18/h2,4-5,7-8,10-11,18,22H,3,6,9,12-13H2,1H3,(H,27,35). The molecule has 1 N–H and O–H groups in total. The van der Waals surface area contributed by atoms with Gasteiger partial charge in [0, 0.05) is 17.9 Å². The molecule has 1 aromatic heterocycles. The molecule has 35 heavy (non-hydrogen) atoms. The van der Waals surface area contributed by atoms with E-state index in [1.54, 1.807) is 6.07 Å². The highest BCUT2D eigenvalue weighted by atomic mass is 32.1. The lowest BCUT2D eigenvalue weighted by Gasteiger charge is -2.38. The van der Waals surface area contributed by atoms with Crippen LogP contribution in [0.2, 0.25) is 0 Å². The number of hydrogen-bond donors (Lipinski definition) is 1. The van der Waals surface area contributed by atoms with Crippen molar-refractivity contribution < 1.29 is 23.1 Å². The van der Waals surface area contributed by atoms with Crippen LogP contribution in [0.1, 0.15) is 37.3 Å². The first kappa shape index (κ1) is 22.0. The number of ether oxygens (including phenoxy) is 3. The molecule has 3 aromatic rings. The SMILES string of the molecule is CC1=C(c2nc(-c3ccc4c(c3)OCO4)no2)C(c2cccc(F)c2)NC(=S)N1CC1CCCO1. The zero-order chi connectivity index (χ0) is 23.9. The van der Waals surface area contributed by atoms with Gasteiger partial charge in [0.1, 0.15) is 5.82 Å². The van der Waals surface area contributed by atoms with Crippen LogP contribution in [0.4, 0.5) is 4.39 Å². The second kappa shape index (κ2) is 8.94. The molecule has 4 heterocycles. The Labute approximate surface area is 206 Å². The summed E-state index contributed by atoms with van der Waals surface area (Å²) in [5.41, 5.74) is 3.04. The number of thiocarbonyl (C=S) groups is 1. The summed E-state index contributed by atoms with van der Waals surface area (Å²) in [5, 5.41) is 8.13. The molecular formula is C25H23FN4O4S. The maximum absolute atomic E-state index is 14.2. The van der Waals surface area contributed by atoms with Crippen LogP contribution >= 0.6 is 12.2 Å². The molecule has 10 heteroatoms. The van der Waals surface area contributed by atoms with E-state index in [0.29, 0.717) is 40.4 Å². The zero-order valence-electron chi connectivity index (χ0n) is 19.0. The third kappa shape index (κ3) is 4.12. The topological polar surface area (TPSA) is 81.9 Å². The van der Waals surface area contributed by atoms with Crippen LogP contribution in [0.5, 0.6) is 11.5 Å². The fourth-order valence-electron chi connectivity index (χ4n) is 4.69. The van der Waals surface area contributed by atoms with Gasteiger partial charge in [-0.3, -0.25) is 0 Å². The van der Waals surface area contributed by atoms with E-state index in [1.165, 1.54) is 12.1 Å². The highest BCUT2D eigenvalue weighted by molar-refractivity contribution is 7.80. The minimum absolute atomic E-state index is 0.0866. The molecule has 0 radical (unpaired) electrons. The second-order valence-electron chi connectivity index (χ2n) is 8.67. The molecule has 2 unspecified atom stereocenters. The monoisotopic (exact) mass is 494 g/mol. The van der Waals surface area contributed by atoms with Crippen LogP contribution in [-0.4, -0.2) is 46.2 Å². The van der Waals surface area contributed by atoms with Gasteiger partial charge >= 0.3 is 0 Å². The van der Waals surface area contributed by atoms with Gasteiger partial charge in [-0.15, -0.1) is 0 Å². The van der Waals surface area contributed by atoms with E-state index < -0.39 is 6.04 Å². The van der Waals surface area contributed by atoms with Crippen molar-refractivity contribution in [2.24, 2.45) is 0 Å². The number of halogens is 1. The van der Waals surface area contributed by atoms with Crippen LogP contribution < -0.4 is 14.8 Å². The molecule has 0 saturated carbocycles. The molecule has 6 rings (SSSR count). The Morgan fingerprint density at radius 3 is 2.89 bits per heavy atom. The van der Waals surface area contributed by atoms with E-state index in [-0.39, 0.29) is 18.7 Å². The average molecular weight is 495 g/mol. The number of aromatic nitrogens is 2. The van der Waals surface area contributed by atoms with Gasteiger partial charge in [-0.1, -0.05) is 17.3 Å². The molecule has 1 saturated heterocycles. The minimum Gasteiger partial charge on any atom is -0.454 e. The lowest BCUT2D eigenvalue weighted by Crippen LogP contribution is -2.48. The number of allylic oxidation sites excluding steroid dienone is 1. The van der Waals surface area contributed by atoms with Crippen molar-refractivity contribution in [1.82, 2.24) is 20.4 Å². The van der Waals surface area contributed by atoms with Crippen molar-refractivity contribution >= 4 is 22.9 Å². The van der Waals surface area contributed by atoms with Gasteiger partial charge in [-0.05, 0) is 67.9 Å². The van der Waals surface area contributed by atoms with Gasteiger partial charge in [0.2, 0.25) is 12.6 Å². The third-order valence-electron chi connectivity index (χ3n) is 6.48. The molecule has 1 fully saturated rings. The highest BCUT2D eigenvalue weighted by Crippen LogP contribution is 2.39. The van der Waals surface area contributed by atoms with Gasteiger partial charge in [0.05, 0.1) is 24.3 Å². The van der Waals surface area contributed by atoms with Crippen LogP contribution in [0.15, 0.2) is 52.7 Å². The Kier molecular flexibility index (Phi) is 5.62. The minimum atomic E-state index is -0.455. The largest absolute Gasteiger partial charge is 0.454 e. The van der Waals surface area contributed by atoms with Crippen LogP contribution in [0.3, 0.4) is 0 Å². The number of rotatable bonds is 5. The van der Waals surface area contributed by atoms with E-state index in [2.05, 4.69) is 10.5 Å². The number of hydrogen-bond acceptors (Lipinski definition) is 7. The molecule has 8 nitrogen and oxygen atoms in total. The van der Waals surface area contributed by atoms with Gasteiger partial charge in [0.25, 0.3) is 5.89 Å². The van der Waals surface area contributed by atoms with E-state index in [0.717, 1.165) is 36.3 Å². The lowest BCUT2D eigenvalue weighted by molar-refractivity contribution is 0.0962. The maximum atomic E-state index is 14.2. The fourth-order valence-corrected chi connectivity index (χ4v) is 5.02. The zero-order valence-corrected chi connectivity index (χ0v) is 19.8. The van der Waals surface area contributed by atoms with Gasteiger partial charge < -0.3 is 29.0 Å². The number of benzene rings is 2. The van der Waals surface area contributed by atoms with Crippen molar-refractivity contribution in [2.75, 3.05) is 19.9 Å². The Bertz CT molecular complexity index is 1320. The third-order valence-corrected chi connectivity index (χ3v) is 6.81. The smallest absolute Gasteiger partial charge is 0.258 e. The Morgan fingerprint density at radius 1 is 1.17 bits per heavy atom. The highest BCUT2D eigenvalue weighted by Gasteiger charge is 2.35. The summed E-state index contributed by atoms with van der Waals surface area (Å²) < 4.78 is 36.6. The molecule has 0 aliphatic carbocycles. The molecule has 2 atom stereocenters. The molecule has 3 aliphatic heterocycles. The molecule has 2 aromatic carbocycles. The molecule has 3 aliphatic rings. The quantitative estimate of drug-likeness (QED) is 0.518. The summed E-state index contributed by atoms with van der Waals surface area (Å²) in [4.78, 5) is 6.70. The summed E-state index contributed by atoms with van der Waals surface area (Å²) >= 11 is 5.72. The molecule has 0 spiro atoms. The molecular weight excluding hydrogens is 471 g/mol. The Hall–Kier alpha value is -3.50.